The molecule has 0 radical (unpaired) electrons. The van der Waals surface area contributed by atoms with Gasteiger partial charge in [0.15, 0.2) is 0 Å². The van der Waals surface area contributed by atoms with Crippen molar-refractivity contribution in [2.75, 3.05) is 11.9 Å². The molecule has 1 aromatic carbocycles. The summed E-state index contributed by atoms with van der Waals surface area (Å²) < 4.78 is 5.38. The number of carbonyl (C=O) groups is 1. The van der Waals surface area contributed by atoms with E-state index in [9.17, 15) is 4.79 Å². The number of carbonyl (C=O) groups excluding carboxylic acids is 1. The minimum absolute atomic E-state index is 0.430. The van der Waals surface area contributed by atoms with E-state index in [2.05, 4.69) is 15.9 Å². The summed E-state index contributed by atoms with van der Waals surface area (Å²) in [6, 6.07) is 6.74. The minimum atomic E-state index is -0.430. The van der Waals surface area contributed by atoms with E-state index >= 15 is 0 Å². The molecule has 0 atom stereocenters. The Bertz CT molecular complexity index is 346. The number of nitrogens with two attached hydrogens (primary N) is 1. The first-order valence-corrected chi connectivity index (χ1v) is 5.60. The molecule has 0 saturated carbocycles. The van der Waals surface area contributed by atoms with Crippen LogP contribution in [0.4, 0.5) is 0 Å². The predicted molar refractivity (Wildman–Crippen MR) is 63.4 cm³/mol. The molecule has 2 N–H and O–H groups in total. The normalized spacial score (nSPS) is 10.5. The smallest absolute Gasteiger partial charge is 0.248 e. The lowest BCUT2D eigenvalue weighted by molar-refractivity contribution is 0.100. The molecular formula is C11H12BrNO2. The summed E-state index contributed by atoms with van der Waals surface area (Å²) >= 11 is 3.27. The third-order valence-corrected chi connectivity index (χ3v) is 2.11. The number of ether oxygens (including phenoxy) is 1. The number of amides is 1. The second-order valence-electron chi connectivity index (χ2n) is 2.83. The van der Waals surface area contributed by atoms with Crippen LogP contribution >= 0.6 is 15.9 Å². The number of rotatable bonds is 5. The van der Waals surface area contributed by atoms with Gasteiger partial charge in [-0.2, -0.15) is 0 Å². The Kier molecular flexibility index (Phi) is 4.90. The topological polar surface area (TPSA) is 52.3 Å². The van der Waals surface area contributed by atoms with Crippen LogP contribution in [0.2, 0.25) is 0 Å². The van der Waals surface area contributed by atoms with Crippen molar-refractivity contribution >= 4 is 21.8 Å². The number of allylic oxidation sites excluding steroid dienone is 1. The van der Waals surface area contributed by atoms with Gasteiger partial charge in [0, 0.05) is 10.9 Å². The Morgan fingerprint density at radius 2 is 2.00 bits per heavy atom. The van der Waals surface area contributed by atoms with E-state index < -0.39 is 5.91 Å². The summed E-state index contributed by atoms with van der Waals surface area (Å²) in [6.45, 7) is 0.515. The Morgan fingerprint density at radius 3 is 2.53 bits per heavy atom. The molecule has 1 rings (SSSR count). The molecule has 0 spiro atoms. The maximum absolute atomic E-state index is 10.8. The largest absolute Gasteiger partial charge is 0.490 e. The minimum Gasteiger partial charge on any atom is -0.490 e. The monoisotopic (exact) mass is 269 g/mol. The molecule has 0 aliphatic carbocycles. The molecule has 0 fully saturated rings. The van der Waals surface area contributed by atoms with Crippen LogP contribution in [0.1, 0.15) is 10.4 Å². The number of hydrogen-bond donors (Lipinski definition) is 1. The number of benzene rings is 1. The van der Waals surface area contributed by atoms with Gasteiger partial charge < -0.3 is 10.5 Å². The number of hydrogen-bond acceptors (Lipinski definition) is 2. The number of primary amides is 1. The second-order valence-corrected chi connectivity index (χ2v) is 3.47. The lowest BCUT2D eigenvalue weighted by Crippen LogP contribution is -2.10. The van der Waals surface area contributed by atoms with Gasteiger partial charge in [-0.1, -0.05) is 28.1 Å². The second kappa shape index (κ2) is 6.24. The zero-order chi connectivity index (χ0) is 11.1. The van der Waals surface area contributed by atoms with Crippen LogP contribution in [0.3, 0.4) is 0 Å². The van der Waals surface area contributed by atoms with Gasteiger partial charge in [-0.3, -0.25) is 4.79 Å². The highest BCUT2D eigenvalue weighted by atomic mass is 79.9. The fraction of sp³-hybridized carbons (Fsp3) is 0.182. The van der Waals surface area contributed by atoms with Gasteiger partial charge in [-0.15, -0.1) is 0 Å². The number of alkyl halides is 1. The third kappa shape index (κ3) is 4.16. The van der Waals surface area contributed by atoms with Crippen LogP contribution < -0.4 is 10.5 Å². The maximum atomic E-state index is 10.8. The Labute approximate surface area is 97.0 Å². The standard InChI is InChI=1S/C11H12BrNO2/c12-7-1-2-8-15-10-5-3-9(4-6-10)11(13)14/h1-6H,7-8H2,(H2,13,14)/b2-1+. The van der Waals surface area contributed by atoms with Crippen molar-refractivity contribution in [3.8, 4) is 5.75 Å². The first kappa shape index (κ1) is 11.8. The van der Waals surface area contributed by atoms with Gasteiger partial charge in [-0.25, -0.2) is 0 Å². The molecule has 4 heteroatoms. The first-order chi connectivity index (χ1) is 7.24. The lowest BCUT2D eigenvalue weighted by Gasteiger charge is -2.03. The first-order valence-electron chi connectivity index (χ1n) is 4.47. The Hall–Kier alpha value is -1.29. The van der Waals surface area contributed by atoms with Crippen molar-refractivity contribution in [1.29, 1.82) is 0 Å². The zero-order valence-corrected chi connectivity index (χ0v) is 9.74. The van der Waals surface area contributed by atoms with E-state index in [1.807, 2.05) is 12.2 Å². The van der Waals surface area contributed by atoms with E-state index in [1.54, 1.807) is 24.3 Å². The average Bonchev–Trinajstić information content (AvgIpc) is 2.25. The molecule has 0 aliphatic heterocycles. The predicted octanol–water partition coefficient (Wildman–Crippen LogP) is 2.12. The van der Waals surface area contributed by atoms with Gasteiger partial charge in [0.05, 0.1) is 0 Å². The van der Waals surface area contributed by atoms with Crippen LogP contribution in [0.5, 0.6) is 5.75 Å². The van der Waals surface area contributed by atoms with Gasteiger partial charge >= 0.3 is 0 Å². The highest BCUT2D eigenvalue weighted by molar-refractivity contribution is 9.09. The van der Waals surface area contributed by atoms with Crippen molar-refractivity contribution in [2.24, 2.45) is 5.73 Å². The summed E-state index contributed by atoms with van der Waals surface area (Å²) in [4.78, 5) is 10.8. The molecular weight excluding hydrogens is 258 g/mol. The van der Waals surface area contributed by atoms with Crippen molar-refractivity contribution in [3.05, 3.63) is 42.0 Å². The molecule has 0 saturated heterocycles. The summed E-state index contributed by atoms with van der Waals surface area (Å²) in [7, 11) is 0. The van der Waals surface area contributed by atoms with E-state index in [4.69, 9.17) is 10.5 Å². The SMILES string of the molecule is NC(=O)c1ccc(OC/C=C/CBr)cc1. The summed E-state index contributed by atoms with van der Waals surface area (Å²) in [5.74, 6) is 0.292. The molecule has 1 aromatic rings. The van der Waals surface area contributed by atoms with Gasteiger partial charge in [0.25, 0.3) is 0 Å². The quantitative estimate of drug-likeness (QED) is 0.658. The van der Waals surface area contributed by atoms with Crippen LogP contribution in [0.15, 0.2) is 36.4 Å². The molecule has 0 unspecified atom stereocenters. The Balaban J connectivity index is 2.50. The summed E-state index contributed by atoms with van der Waals surface area (Å²) in [5.41, 5.74) is 5.59. The molecule has 3 nitrogen and oxygen atoms in total. The summed E-state index contributed by atoms with van der Waals surface area (Å²) in [5, 5.41) is 0.816. The van der Waals surface area contributed by atoms with Crippen molar-refractivity contribution < 1.29 is 9.53 Å². The zero-order valence-electron chi connectivity index (χ0n) is 8.15. The van der Waals surface area contributed by atoms with Crippen LogP contribution in [0.25, 0.3) is 0 Å². The van der Waals surface area contributed by atoms with E-state index in [1.165, 1.54) is 0 Å². The van der Waals surface area contributed by atoms with E-state index in [-0.39, 0.29) is 0 Å². The molecule has 0 aliphatic rings. The molecule has 15 heavy (non-hydrogen) atoms. The van der Waals surface area contributed by atoms with E-state index in [0.717, 1.165) is 11.1 Å². The molecule has 0 aromatic heterocycles. The number of halogens is 1. The highest BCUT2D eigenvalue weighted by Gasteiger charge is 1.99. The molecule has 1 amide bonds. The van der Waals surface area contributed by atoms with E-state index in [0.29, 0.717) is 12.2 Å². The Morgan fingerprint density at radius 1 is 1.33 bits per heavy atom. The van der Waals surface area contributed by atoms with Crippen LogP contribution in [-0.2, 0) is 0 Å². The third-order valence-electron chi connectivity index (χ3n) is 1.74. The van der Waals surface area contributed by atoms with Gasteiger partial charge in [-0.05, 0) is 24.3 Å². The maximum Gasteiger partial charge on any atom is 0.248 e. The van der Waals surface area contributed by atoms with Crippen molar-refractivity contribution in [1.82, 2.24) is 0 Å². The highest BCUT2D eigenvalue weighted by Crippen LogP contribution is 2.11. The fourth-order valence-corrected chi connectivity index (χ4v) is 1.26. The summed E-state index contributed by atoms with van der Waals surface area (Å²) in [6.07, 6.45) is 3.87. The van der Waals surface area contributed by atoms with Crippen LogP contribution in [-0.4, -0.2) is 17.8 Å². The average molecular weight is 270 g/mol. The fourth-order valence-electron chi connectivity index (χ4n) is 0.991. The molecule has 0 bridgehead atoms. The van der Waals surface area contributed by atoms with Gasteiger partial charge in [0.1, 0.15) is 12.4 Å². The van der Waals surface area contributed by atoms with Crippen LogP contribution in [0, 0.1) is 0 Å². The molecule has 0 heterocycles. The lowest BCUT2D eigenvalue weighted by atomic mass is 10.2. The van der Waals surface area contributed by atoms with Gasteiger partial charge in [0.2, 0.25) is 5.91 Å². The van der Waals surface area contributed by atoms with Crippen molar-refractivity contribution in [2.45, 2.75) is 0 Å². The van der Waals surface area contributed by atoms with Crippen molar-refractivity contribution in [3.63, 3.8) is 0 Å². The molecule has 80 valence electrons.